The Hall–Kier alpha value is -0.850. The third-order valence-corrected chi connectivity index (χ3v) is 5.19. The number of thiazole rings is 1. The smallest absolute Gasteiger partial charge is 0.194 e. The van der Waals surface area contributed by atoms with Crippen LogP contribution >= 0.6 is 43.2 Å². The van der Waals surface area contributed by atoms with Crippen molar-refractivity contribution in [2.75, 3.05) is 5.32 Å². The maximum absolute atomic E-state index is 4.56. The van der Waals surface area contributed by atoms with Crippen LogP contribution in [0.15, 0.2) is 32.7 Å². The van der Waals surface area contributed by atoms with Gasteiger partial charge in [-0.1, -0.05) is 0 Å². The largest absolute Gasteiger partial charge is 0.378 e. The quantitative estimate of drug-likeness (QED) is 0.642. The van der Waals surface area contributed by atoms with Gasteiger partial charge in [-0.25, -0.2) is 4.98 Å². The van der Waals surface area contributed by atoms with Crippen molar-refractivity contribution in [3.05, 3.63) is 49.6 Å². The molecule has 1 N–H and O–H groups in total. The summed E-state index contributed by atoms with van der Waals surface area (Å²) in [6.45, 7) is 4.87. The van der Waals surface area contributed by atoms with Crippen LogP contribution in [0.25, 0.3) is 4.96 Å². The molecule has 2 aromatic heterocycles. The number of anilines is 1. The maximum Gasteiger partial charge on any atom is 0.194 e. The first-order valence-corrected chi connectivity index (χ1v) is 8.63. The van der Waals surface area contributed by atoms with Gasteiger partial charge in [0, 0.05) is 20.5 Å². The molecule has 0 aliphatic rings. The van der Waals surface area contributed by atoms with Crippen molar-refractivity contribution in [2.24, 2.45) is 0 Å². The number of imidazole rings is 1. The molecule has 0 spiro atoms. The molecule has 0 amide bonds. The van der Waals surface area contributed by atoms with E-state index in [4.69, 9.17) is 0 Å². The normalized spacial score (nSPS) is 11.2. The average Bonchev–Trinajstić information content (AvgIpc) is 2.90. The van der Waals surface area contributed by atoms with Crippen molar-refractivity contribution in [1.29, 1.82) is 0 Å². The second kappa shape index (κ2) is 5.50. The van der Waals surface area contributed by atoms with Crippen LogP contribution in [0.3, 0.4) is 0 Å². The molecule has 0 radical (unpaired) electrons. The summed E-state index contributed by atoms with van der Waals surface area (Å²) in [5.74, 6) is 0. The average molecular weight is 415 g/mol. The molecule has 0 bridgehead atoms. The van der Waals surface area contributed by atoms with E-state index in [1.165, 1.54) is 11.3 Å². The standard InChI is InChI=1S/C14H13Br2N3S/c1-8-5-10(15)13(11(16)6-8)17-7-12-9(2)18-14-19(12)3-4-20-14/h3-6,17H,7H2,1-2H3. The van der Waals surface area contributed by atoms with Crippen LogP contribution in [0, 0.1) is 13.8 Å². The van der Waals surface area contributed by atoms with Crippen LogP contribution in [0.5, 0.6) is 0 Å². The molecule has 20 heavy (non-hydrogen) atoms. The van der Waals surface area contributed by atoms with E-state index in [-0.39, 0.29) is 0 Å². The summed E-state index contributed by atoms with van der Waals surface area (Å²) >= 11 is 8.88. The van der Waals surface area contributed by atoms with Crippen molar-refractivity contribution in [3.8, 4) is 0 Å². The number of nitrogens with zero attached hydrogens (tertiary/aromatic N) is 2. The first kappa shape index (κ1) is 14.1. The highest BCUT2D eigenvalue weighted by molar-refractivity contribution is 9.11. The van der Waals surface area contributed by atoms with Crippen LogP contribution in [0.1, 0.15) is 17.0 Å². The van der Waals surface area contributed by atoms with Gasteiger partial charge >= 0.3 is 0 Å². The molecule has 3 aromatic rings. The minimum Gasteiger partial charge on any atom is -0.378 e. The first-order valence-electron chi connectivity index (χ1n) is 6.17. The van der Waals surface area contributed by atoms with E-state index in [0.29, 0.717) is 0 Å². The van der Waals surface area contributed by atoms with Crippen LogP contribution < -0.4 is 5.32 Å². The SMILES string of the molecule is Cc1cc(Br)c(NCc2c(C)nc3sccn23)c(Br)c1. The molecule has 3 nitrogen and oxygen atoms in total. The van der Waals surface area contributed by atoms with E-state index in [2.05, 4.69) is 84.1 Å². The summed E-state index contributed by atoms with van der Waals surface area (Å²) in [6, 6.07) is 4.22. The Kier molecular flexibility index (Phi) is 3.88. The van der Waals surface area contributed by atoms with E-state index in [9.17, 15) is 0 Å². The van der Waals surface area contributed by atoms with Gasteiger partial charge in [-0.05, 0) is 63.4 Å². The zero-order chi connectivity index (χ0) is 14.3. The van der Waals surface area contributed by atoms with Crippen molar-refractivity contribution in [3.63, 3.8) is 0 Å². The highest BCUT2D eigenvalue weighted by atomic mass is 79.9. The van der Waals surface area contributed by atoms with E-state index in [0.717, 1.165) is 31.8 Å². The predicted molar refractivity (Wildman–Crippen MR) is 91.7 cm³/mol. The third-order valence-electron chi connectivity index (χ3n) is 3.18. The molecule has 2 heterocycles. The monoisotopic (exact) mass is 413 g/mol. The van der Waals surface area contributed by atoms with Crippen molar-refractivity contribution >= 4 is 53.8 Å². The number of nitrogens with one attached hydrogen (secondary N) is 1. The lowest BCUT2D eigenvalue weighted by Crippen LogP contribution is -2.04. The second-order valence-electron chi connectivity index (χ2n) is 4.66. The van der Waals surface area contributed by atoms with Gasteiger partial charge in [-0.15, -0.1) is 11.3 Å². The van der Waals surface area contributed by atoms with E-state index >= 15 is 0 Å². The summed E-state index contributed by atoms with van der Waals surface area (Å²) in [6.07, 6.45) is 2.07. The Morgan fingerprint density at radius 3 is 2.65 bits per heavy atom. The Labute approximate surface area is 138 Å². The number of aryl methyl sites for hydroxylation is 2. The molecule has 3 rings (SSSR count). The fourth-order valence-electron chi connectivity index (χ4n) is 2.19. The summed E-state index contributed by atoms with van der Waals surface area (Å²) in [4.78, 5) is 5.61. The van der Waals surface area contributed by atoms with Crippen molar-refractivity contribution in [1.82, 2.24) is 9.38 Å². The van der Waals surface area contributed by atoms with E-state index < -0.39 is 0 Å². The highest BCUT2D eigenvalue weighted by Crippen LogP contribution is 2.33. The molecule has 104 valence electrons. The maximum atomic E-state index is 4.56. The lowest BCUT2D eigenvalue weighted by Gasteiger charge is -2.12. The fourth-order valence-corrected chi connectivity index (χ4v) is 4.67. The number of fused-ring (bicyclic) bond motifs is 1. The van der Waals surface area contributed by atoms with E-state index in [1.54, 1.807) is 11.3 Å². The molecule has 0 saturated carbocycles. The summed E-state index contributed by atoms with van der Waals surface area (Å²) in [7, 11) is 0. The molecule has 0 unspecified atom stereocenters. The van der Waals surface area contributed by atoms with Crippen LogP contribution in [0.4, 0.5) is 5.69 Å². The molecule has 1 aromatic carbocycles. The second-order valence-corrected chi connectivity index (χ2v) is 7.24. The Morgan fingerprint density at radius 2 is 1.95 bits per heavy atom. The Balaban J connectivity index is 1.90. The molecule has 6 heteroatoms. The van der Waals surface area contributed by atoms with Gasteiger partial charge in [0.2, 0.25) is 0 Å². The zero-order valence-corrected chi connectivity index (χ0v) is 15.1. The van der Waals surface area contributed by atoms with Gasteiger partial charge < -0.3 is 5.32 Å². The topological polar surface area (TPSA) is 29.3 Å². The number of aromatic nitrogens is 2. The lowest BCUT2D eigenvalue weighted by molar-refractivity contribution is 0.992. The van der Waals surface area contributed by atoms with Crippen molar-refractivity contribution in [2.45, 2.75) is 20.4 Å². The molecule has 0 fully saturated rings. The Morgan fingerprint density at radius 1 is 1.25 bits per heavy atom. The minimum atomic E-state index is 0.740. The van der Waals surface area contributed by atoms with Crippen molar-refractivity contribution < 1.29 is 0 Å². The number of rotatable bonds is 3. The van der Waals surface area contributed by atoms with Gasteiger partial charge in [0.15, 0.2) is 4.96 Å². The van der Waals surface area contributed by atoms with Crippen LogP contribution in [-0.4, -0.2) is 9.38 Å². The zero-order valence-electron chi connectivity index (χ0n) is 11.1. The highest BCUT2D eigenvalue weighted by Gasteiger charge is 2.11. The summed E-state index contributed by atoms with van der Waals surface area (Å²) < 4.78 is 4.27. The van der Waals surface area contributed by atoms with Gasteiger partial charge in [-0.2, -0.15) is 0 Å². The first-order chi connectivity index (χ1) is 9.56. The third kappa shape index (κ3) is 2.52. The van der Waals surface area contributed by atoms with E-state index in [1.807, 2.05) is 0 Å². The minimum absolute atomic E-state index is 0.740. The number of hydrogen-bond acceptors (Lipinski definition) is 3. The van der Waals surface area contributed by atoms with Crippen LogP contribution in [-0.2, 0) is 6.54 Å². The lowest BCUT2D eigenvalue weighted by atomic mass is 10.2. The predicted octanol–water partition coefficient (Wildman–Crippen LogP) is 5.15. The Bertz CT molecular complexity index is 753. The van der Waals surface area contributed by atoms with Gasteiger partial charge in [0.05, 0.1) is 23.6 Å². The fraction of sp³-hybridized carbons (Fsp3) is 0.214. The van der Waals surface area contributed by atoms with Gasteiger partial charge in [-0.3, -0.25) is 4.40 Å². The molecular formula is C14H13Br2N3S. The van der Waals surface area contributed by atoms with Gasteiger partial charge in [0.1, 0.15) is 0 Å². The molecule has 0 atom stereocenters. The number of halogens is 2. The van der Waals surface area contributed by atoms with Crippen LogP contribution in [0.2, 0.25) is 0 Å². The summed E-state index contributed by atoms with van der Waals surface area (Å²) in [5.41, 5.74) is 4.56. The summed E-state index contributed by atoms with van der Waals surface area (Å²) in [5, 5.41) is 5.54. The van der Waals surface area contributed by atoms with Gasteiger partial charge in [0.25, 0.3) is 0 Å². The molecule has 0 aliphatic heterocycles. The molecular weight excluding hydrogens is 402 g/mol. The molecule has 0 saturated heterocycles. The molecule has 0 aliphatic carbocycles. The number of hydrogen-bond donors (Lipinski definition) is 1. The number of benzene rings is 1.